The number of thiocarbonyl (C=S) groups is 1. The Morgan fingerprint density at radius 3 is 1.62 bits per heavy atom. The van der Waals surface area contributed by atoms with Gasteiger partial charge in [-0.1, -0.05) is 0 Å². The van der Waals surface area contributed by atoms with Crippen molar-refractivity contribution in [1.29, 1.82) is 0 Å². The van der Waals surface area contributed by atoms with Crippen LogP contribution in [0, 0.1) is 0 Å². The molecule has 0 aromatic carbocycles. The predicted octanol–water partition coefficient (Wildman–Crippen LogP) is 4.26. The maximum absolute atomic E-state index is 4.78. The molecule has 0 unspecified atom stereocenters. The molecule has 0 radical (unpaired) electrons. The Hall–Kier alpha value is 0.599. The van der Waals surface area contributed by atoms with Crippen molar-refractivity contribution in [2.24, 2.45) is 3.21 Å². The fraction of sp³-hybridized carbons (Fsp3) is 0.900. The minimum absolute atomic E-state index is 1.27. The van der Waals surface area contributed by atoms with Gasteiger partial charge in [-0.2, -0.15) is 0 Å². The van der Waals surface area contributed by atoms with Gasteiger partial charge in [0.05, 0.1) is 0 Å². The van der Waals surface area contributed by atoms with E-state index in [9.17, 15) is 0 Å². The number of nitrogens with zero attached hydrogens (tertiary/aromatic N) is 1. The van der Waals surface area contributed by atoms with Crippen LogP contribution in [0.5, 0.6) is 0 Å². The normalized spacial score (nSPS) is 11.0. The van der Waals surface area contributed by atoms with E-state index in [4.69, 9.17) is 12.2 Å². The third-order valence-electron chi connectivity index (χ3n) is 2.43. The Morgan fingerprint density at radius 1 is 1.00 bits per heavy atom. The molecule has 0 amide bonds. The zero-order valence-corrected chi connectivity index (χ0v) is 12.8. The molecule has 0 aromatic rings. The van der Waals surface area contributed by atoms with E-state index in [-0.39, 0.29) is 0 Å². The van der Waals surface area contributed by atoms with Crippen LogP contribution < -0.4 is 0 Å². The Bertz CT molecular complexity index is 159. The molecule has 0 fully saturated rings. The minimum atomic E-state index is -2.15. The molecule has 0 aromatic heterocycles. The van der Waals surface area contributed by atoms with Crippen molar-refractivity contribution in [3.8, 4) is 0 Å². The van der Waals surface area contributed by atoms with E-state index in [1.54, 1.807) is 0 Å². The van der Waals surface area contributed by atoms with Gasteiger partial charge in [0.25, 0.3) is 0 Å². The van der Waals surface area contributed by atoms with Crippen molar-refractivity contribution in [2.45, 2.75) is 53.3 Å². The van der Waals surface area contributed by atoms with Crippen LogP contribution in [0.25, 0.3) is 0 Å². The molecule has 0 bridgehead atoms. The average molecular weight is 306 g/mol. The van der Waals surface area contributed by atoms with Crippen molar-refractivity contribution >= 4 is 36.0 Å². The topological polar surface area (TPSA) is 12.4 Å². The fourth-order valence-corrected chi connectivity index (χ4v) is 15.0. The number of isothiocyanates is 1. The van der Waals surface area contributed by atoms with E-state index >= 15 is 0 Å². The van der Waals surface area contributed by atoms with Crippen molar-refractivity contribution in [1.82, 2.24) is 0 Å². The van der Waals surface area contributed by atoms with Gasteiger partial charge in [-0.25, -0.2) is 0 Å². The third-order valence-corrected chi connectivity index (χ3v) is 16.9. The summed E-state index contributed by atoms with van der Waals surface area (Å²) in [5, 5.41) is 2.66. The Balaban J connectivity index is 4.46. The second kappa shape index (κ2) is 7.95. The van der Waals surface area contributed by atoms with Crippen LogP contribution in [0.3, 0.4) is 0 Å². The molecule has 0 saturated carbocycles. The molecule has 3 heteroatoms. The van der Waals surface area contributed by atoms with Crippen LogP contribution in [0.4, 0.5) is 0 Å². The van der Waals surface area contributed by atoms with E-state index in [1.807, 2.05) is 0 Å². The molecule has 0 N–H and O–H groups in total. The summed E-state index contributed by atoms with van der Waals surface area (Å²) in [5.41, 5.74) is 0. The van der Waals surface area contributed by atoms with Gasteiger partial charge in [-0.15, -0.1) is 0 Å². The van der Waals surface area contributed by atoms with Crippen LogP contribution in [-0.4, -0.2) is 23.8 Å². The quantitative estimate of drug-likeness (QED) is 0.389. The molecule has 0 spiro atoms. The van der Waals surface area contributed by atoms with Crippen LogP contribution in [-0.2, 0) is 0 Å². The van der Waals surface area contributed by atoms with Crippen molar-refractivity contribution in [2.75, 3.05) is 0 Å². The molecule has 0 aliphatic heterocycles. The monoisotopic (exact) mass is 307 g/mol. The second-order valence-corrected chi connectivity index (χ2v) is 15.8. The Kier molecular flexibility index (Phi) is 8.32. The summed E-state index contributed by atoms with van der Waals surface area (Å²) < 4.78 is 8.68. The molecule has 76 valence electrons. The van der Waals surface area contributed by atoms with Gasteiger partial charge < -0.3 is 0 Å². The number of rotatable bonds is 7. The van der Waals surface area contributed by atoms with E-state index in [0.717, 1.165) is 0 Å². The molecule has 13 heavy (non-hydrogen) atoms. The van der Waals surface area contributed by atoms with Gasteiger partial charge in [0, 0.05) is 0 Å². The van der Waals surface area contributed by atoms with Gasteiger partial charge >= 0.3 is 92.6 Å². The van der Waals surface area contributed by atoms with E-state index in [0.29, 0.717) is 0 Å². The number of hydrogen-bond donors (Lipinski definition) is 0. The van der Waals surface area contributed by atoms with E-state index in [2.05, 4.69) is 29.1 Å². The summed E-state index contributed by atoms with van der Waals surface area (Å²) in [5.74, 6) is 0. The van der Waals surface area contributed by atoms with Gasteiger partial charge in [0.1, 0.15) is 0 Å². The van der Waals surface area contributed by atoms with Crippen LogP contribution >= 0.6 is 12.2 Å². The molecule has 0 rings (SSSR count). The SMILES string of the molecule is CC[CH2][Sn]([CH2]CC)([CH2]CC)[N]=C=S. The summed E-state index contributed by atoms with van der Waals surface area (Å²) in [4.78, 5) is 0. The van der Waals surface area contributed by atoms with Crippen LogP contribution in [0.1, 0.15) is 40.0 Å². The number of hydrogen-bond acceptors (Lipinski definition) is 2. The van der Waals surface area contributed by atoms with Crippen molar-refractivity contribution < 1.29 is 0 Å². The standard InChI is InChI=1S/3C3H7.CNS.Sn/c3*1-3-2;2-1-3;/h3*1,3H2,2H3;;/q;;;-1;+1. The molecule has 0 aliphatic rings. The maximum atomic E-state index is 4.78. The first kappa shape index (κ1) is 13.6. The van der Waals surface area contributed by atoms with Gasteiger partial charge in [0.15, 0.2) is 0 Å². The summed E-state index contributed by atoms with van der Waals surface area (Å²) in [7, 11) is 0. The molecule has 0 atom stereocenters. The van der Waals surface area contributed by atoms with Gasteiger partial charge in [-0.3, -0.25) is 0 Å². The van der Waals surface area contributed by atoms with E-state index in [1.165, 1.54) is 32.6 Å². The van der Waals surface area contributed by atoms with Crippen molar-refractivity contribution in [3.05, 3.63) is 0 Å². The second-order valence-electron chi connectivity index (χ2n) is 3.68. The first-order chi connectivity index (χ1) is 6.24. The van der Waals surface area contributed by atoms with Gasteiger partial charge in [-0.05, 0) is 0 Å². The predicted molar refractivity (Wildman–Crippen MR) is 66.1 cm³/mol. The zero-order valence-electron chi connectivity index (χ0n) is 9.10. The molecule has 1 nitrogen and oxygen atoms in total. The third kappa shape index (κ3) is 5.14. The summed E-state index contributed by atoms with van der Waals surface area (Å²) in [6.07, 6.45) is 3.82. The van der Waals surface area contributed by atoms with Crippen LogP contribution in [0.2, 0.25) is 13.3 Å². The first-order valence-corrected chi connectivity index (χ1v) is 13.1. The summed E-state index contributed by atoms with van der Waals surface area (Å²) in [6, 6.07) is 0. The Labute approximate surface area is 92.3 Å². The van der Waals surface area contributed by atoms with Gasteiger partial charge in [0.2, 0.25) is 0 Å². The van der Waals surface area contributed by atoms with Crippen molar-refractivity contribution in [3.63, 3.8) is 0 Å². The summed E-state index contributed by atoms with van der Waals surface area (Å²) >= 11 is 2.63. The Morgan fingerprint density at radius 2 is 1.38 bits per heavy atom. The summed E-state index contributed by atoms with van der Waals surface area (Å²) in [6.45, 7) is 6.78. The molecular weight excluding hydrogens is 285 g/mol. The van der Waals surface area contributed by atoms with E-state index < -0.39 is 18.7 Å². The first-order valence-electron chi connectivity index (χ1n) is 5.33. The molecule has 0 saturated heterocycles. The molecule has 0 aliphatic carbocycles. The zero-order chi connectivity index (χ0) is 10.2. The molecular formula is C10H21NSSn. The fourth-order valence-electron chi connectivity index (χ4n) is 2.04. The molecule has 0 heterocycles. The average Bonchev–Trinajstić information content (AvgIpc) is 2.06. The van der Waals surface area contributed by atoms with Crippen LogP contribution in [0.15, 0.2) is 3.21 Å².